The number of aryl methyl sites for hydroxylation is 1. The lowest BCUT2D eigenvalue weighted by Crippen LogP contribution is -2.29. The Balaban J connectivity index is 1.47. The summed E-state index contributed by atoms with van der Waals surface area (Å²) in [6.07, 6.45) is 2.25. The van der Waals surface area contributed by atoms with Gasteiger partial charge in [-0.15, -0.1) is 0 Å². The van der Waals surface area contributed by atoms with Gasteiger partial charge >= 0.3 is 0 Å². The van der Waals surface area contributed by atoms with E-state index in [1.807, 2.05) is 30.3 Å². The third kappa shape index (κ3) is 5.21. The van der Waals surface area contributed by atoms with E-state index in [1.54, 1.807) is 24.9 Å². The highest BCUT2D eigenvalue weighted by atomic mass is 32.2. The van der Waals surface area contributed by atoms with Crippen molar-refractivity contribution < 1.29 is 13.9 Å². The van der Waals surface area contributed by atoms with Crippen LogP contribution >= 0.6 is 11.8 Å². The van der Waals surface area contributed by atoms with Gasteiger partial charge in [-0.2, -0.15) is 0 Å². The van der Waals surface area contributed by atoms with Crippen molar-refractivity contribution in [1.82, 2.24) is 5.32 Å². The number of carbonyl (C=O) groups is 1. The number of amides is 1. The molecule has 5 heteroatoms. The van der Waals surface area contributed by atoms with Crippen molar-refractivity contribution in [2.45, 2.75) is 62.0 Å². The predicted octanol–water partition coefficient (Wildman–Crippen LogP) is 6.93. The molecule has 0 saturated heterocycles. The summed E-state index contributed by atoms with van der Waals surface area (Å²) in [6.45, 7) is 8.72. The monoisotopic (exact) mass is 449 g/mol. The first-order valence-electron chi connectivity index (χ1n) is 11.1. The molecule has 1 aliphatic carbocycles. The number of methoxy groups -OCH3 is 1. The van der Waals surface area contributed by atoms with Crippen molar-refractivity contribution in [3.05, 3.63) is 77.0 Å². The van der Waals surface area contributed by atoms with Crippen LogP contribution < -0.4 is 10.1 Å². The summed E-state index contributed by atoms with van der Waals surface area (Å²) in [5, 5.41) is 3.90. The molecule has 1 N–H and O–H groups in total. The third-order valence-electron chi connectivity index (χ3n) is 5.92. The fraction of sp³-hybridized carbons (Fsp3) is 0.370. The van der Waals surface area contributed by atoms with Gasteiger partial charge in [-0.1, -0.05) is 56.8 Å². The van der Waals surface area contributed by atoms with Gasteiger partial charge in [0.05, 0.1) is 13.2 Å². The Morgan fingerprint density at radius 2 is 1.81 bits per heavy atom. The summed E-state index contributed by atoms with van der Waals surface area (Å²) in [4.78, 5) is 14.1. The van der Waals surface area contributed by atoms with E-state index in [4.69, 9.17) is 9.15 Å². The van der Waals surface area contributed by atoms with Gasteiger partial charge in [-0.25, -0.2) is 0 Å². The highest BCUT2D eigenvalue weighted by molar-refractivity contribution is 7.99. The first-order valence-corrected chi connectivity index (χ1v) is 11.9. The molecule has 0 radical (unpaired) electrons. The van der Waals surface area contributed by atoms with E-state index >= 15 is 0 Å². The lowest BCUT2D eigenvalue weighted by molar-refractivity contribution is 0.0898. The standard InChI is InChI=1S/C27H31NO3S/c1-17-6-11-20(27(2,3)4)16-23(17)32-24-15-14-22(31-24)26(29)28-25(18-7-8-18)19-9-12-21(30-5)13-10-19/h6,9-16,18,25H,7-8H2,1-5H3,(H,28,29). The number of nitrogens with one attached hydrogen (secondary N) is 1. The minimum Gasteiger partial charge on any atom is -0.497 e. The van der Waals surface area contributed by atoms with Crippen LogP contribution in [0.2, 0.25) is 0 Å². The Kier molecular flexibility index (Phi) is 6.38. The van der Waals surface area contributed by atoms with Crippen LogP contribution in [0.1, 0.15) is 66.9 Å². The zero-order valence-electron chi connectivity index (χ0n) is 19.4. The topological polar surface area (TPSA) is 51.5 Å². The quantitative estimate of drug-likeness (QED) is 0.425. The van der Waals surface area contributed by atoms with Gasteiger partial charge in [0.2, 0.25) is 0 Å². The molecule has 1 atom stereocenters. The Labute approximate surface area is 194 Å². The molecule has 1 amide bonds. The zero-order valence-corrected chi connectivity index (χ0v) is 20.2. The van der Waals surface area contributed by atoms with E-state index in [0.29, 0.717) is 11.7 Å². The summed E-state index contributed by atoms with van der Waals surface area (Å²) in [7, 11) is 1.66. The molecule has 0 bridgehead atoms. The van der Waals surface area contributed by atoms with Gasteiger partial charge in [0, 0.05) is 4.90 Å². The summed E-state index contributed by atoms with van der Waals surface area (Å²) in [5.41, 5.74) is 3.65. The Hall–Kier alpha value is -2.66. The first-order chi connectivity index (χ1) is 15.2. The smallest absolute Gasteiger partial charge is 0.287 e. The molecule has 32 heavy (non-hydrogen) atoms. The zero-order chi connectivity index (χ0) is 22.9. The predicted molar refractivity (Wildman–Crippen MR) is 129 cm³/mol. The van der Waals surface area contributed by atoms with Gasteiger partial charge in [-0.05, 0) is 78.1 Å². The van der Waals surface area contributed by atoms with Gasteiger partial charge in [0.15, 0.2) is 10.9 Å². The van der Waals surface area contributed by atoms with Gasteiger partial charge in [-0.3, -0.25) is 4.79 Å². The lowest BCUT2D eigenvalue weighted by Gasteiger charge is -2.20. The van der Waals surface area contributed by atoms with E-state index < -0.39 is 0 Å². The van der Waals surface area contributed by atoms with Crippen LogP contribution in [0.3, 0.4) is 0 Å². The molecule has 1 saturated carbocycles. The Morgan fingerprint density at radius 3 is 2.44 bits per heavy atom. The van der Waals surface area contributed by atoms with Crippen molar-refractivity contribution >= 4 is 17.7 Å². The van der Waals surface area contributed by atoms with Gasteiger partial charge < -0.3 is 14.5 Å². The molecule has 1 unspecified atom stereocenters. The molecular weight excluding hydrogens is 418 g/mol. The number of rotatable bonds is 7. The summed E-state index contributed by atoms with van der Waals surface area (Å²) >= 11 is 1.56. The van der Waals surface area contributed by atoms with Crippen molar-refractivity contribution in [1.29, 1.82) is 0 Å². The first kappa shape index (κ1) is 22.5. The Morgan fingerprint density at radius 1 is 1.09 bits per heavy atom. The van der Waals surface area contributed by atoms with Gasteiger partial charge in [0.1, 0.15) is 5.75 Å². The molecule has 4 nitrogen and oxygen atoms in total. The largest absolute Gasteiger partial charge is 0.497 e. The maximum absolute atomic E-state index is 13.0. The Bertz CT molecular complexity index is 1090. The van der Waals surface area contributed by atoms with Crippen molar-refractivity contribution in [2.75, 3.05) is 7.11 Å². The minimum atomic E-state index is -0.176. The maximum atomic E-state index is 13.0. The summed E-state index contributed by atoms with van der Waals surface area (Å²) in [5.74, 6) is 1.45. The van der Waals surface area contributed by atoms with Crippen molar-refractivity contribution in [3.8, 4) is 5.75 Å². The highest BCUT2D eigenvalue weighted by Gasteiger charge is 2.34. The van der Waals surface area contributed by atoms with E-state index in [2.05, 4.69) is 51.2 Å². The molecule has 3 aromatic rings. The van der Waals surface area contributed by atoms with E-state index in [0.717, 1.165) is 34.1 Å². The lowest BCUT2D eigenvalue weighted by atomic mass is 9.87. The van der Waals surface area contributed by atoms with Crippen LogP contribution in [0.15, 0.2) is 69.0 Å². The molecule has 1 aromatic heterocycles. The van der Waals surface area contributed by atoms with E-state index in [-0.39, 0.29) is 17.4 Å². The molecule has 2 aromatic carbocycles. The number of ether oxygens (including phenoxy) is 1. The summed E-state index contributed by atoms with van der Waals surface area (Å²) in [6, 6.07) is 18.1. The highest BCUT2D eigenvalue weighted by Crippen LogP contribution is 2.41. The van der Waals surface area contributed by atoms with Crippen LogP contribution in [0, 0.1) is 12.8 Å². The fourth-order valence-corrected chi connectivity index (χ4v) is 4.61. The fourth-order valence-electron chi connectivity index (χ4n) is 3.71. The second-order valence-corrected chi connectivity index (χ2v) is 10.6. The number of carbonyl (C=O) groups excluding carboxylic acids is 1. The molecule has 1 aliphatic rings. The molecule has 0 spiro atoms. The normalized spacial score (nSPS) is 14.8. The number of hydrogen-bond donors (Lipinski definition) is 1. The molecular formula is C27H31NO3S. The minimum absolute atomic E-state index is 0.0136. The average Bonchev–Trinajstić information content (AvgIpc) is 3.50. The summed E-state index contributed by atoms with van der Waals surface area (Å²) < 4.78 is 11.2. The second-order valence-electron chi connectivity index (χ2n) is 9.51. The molecule has 0 aliphatic heterocycles. The second kappa shape index (κ2) is 9.07. The van der Waals surface area contributed by atoms with Crippen LogP contribution in [0.4, 0.5) is 0 Å². The molecule has 1 fully saturated rings. The van der Waals surface area contributed by atoms with E-state index in [1.165, 1.54) is 11.1 Å². The van der Waals surface area contributed by atoms with Crippen LogP contribution in [-0.4, -0.2) is 13.0 Å². The number of hydrogen-bond acceptors (Lipinski definition) is 4. The third-order valence-corrected chi connectivity index (χ3v) is 7.01. The maximum Gasteiger partial charge on any atom is 0.287 e. The van der Waals surface area contributed by atoms with Crippen LogP contribution in [0.25, 0.3) is 0 Å². The number of furan rings is 1. The molecule has 1 heterocycles. The van der Waals surface area contributed by atoms with Crippen LogP contribution in [0.5, 0.6) is 5.75 Å². The number of benzene rings is 2. The molecule has 168 valence electrons. The van der Waals surface area contributed by atoms with Crippen molar-refractivity contribution in [2.24, 2.45) is 5.92 Å². The SMILES string of the molecule is COc1ccc(C(NC(=O)c2ccc(Sc3cc(C(C)(C)C)ccc3C)o2)C2CC2)cc1. The van der Waals surface area contributed by atoms with E-state index in [9.17, 15) is 4.79 Å². The average molecular weight is 450 g/mol. The van der Waals surface area contributed by atoms with Crippen molar-refractivity contribution in [3.63, 3.8) is 0 Å². The van der Waals surface area contributed by atoms with Crippen LogP contribution in [-0.2, 0) is 5.41 Å². The van der Waals surface area contributed by atoms with Gasteiger partial charge in [0.25, 0.3) is 5.91 Å². The molecule has 4 rings (SSSR count).